The van der Waals surface area contributed by atoms with Gasteiger partial charge in [0, 0.05) is 43.1 Å². The highest BCUT2D eigenvalue weighted by molar-refractivity contribution is 9.10. The van der Waals surface area contributed by atoms with Gasteiger partial charge in [0.25, 0.3) is 0 Å². The van der Waals surface area contributed by atoms with E-state index in [2.05, 4.69) is 15.9 Å². The zero-order valence-electron chi connectivity index (χ0n) is 18.7. The molecule has 0 bridgehead atoms. The number of aliphatic hydroxyl groups is 2. The Kier molecular flexibility index (Phi) is 10.1. The normalized spacial score (nSPS) is 11.8. The SMILES string of the molecule is CC(C)(O)c1cc(Br)c(N)cc1Cl.CCOC(=O)/C=C/c1cc(C(C)(C)O)c(Cl)cc1N. The third-order valence-corrected chi connectivity index (χ3v) is 5.58. The van der Waals surface area contributed by atoms with Crippen molar-refractivity contribution in [1.82, 2.24) is 0 Å². The first kappa shape index (κ1) is 28.3. The summed E-state index contributed by atoms with van der Waals surface area (Å²) in [6.45, 7) is 8.66. The van der Waals surface area contributed by atoms with Crippen LogP contribution in [0.15, 0.2) is 34.8 Å². The minimum absolute atomic E-state index is 0.314. The van der Waals surface area contributed by atoms with Gasteiger partial charge in [-0.25, -0.2) is 4.79 Å². The Morgan fingerprint density at radius 2 is 1.47 bits per heavy atom. The third-order valence-electron chi connectivity index (χ3n) is 4.26. The third kappa shape index (κ3) is 8.30. The van der Waals surface area contributed by atoms with Crippen LogP contribution in [-0.2, 0) is 20.7 Å². The highest BCUT2D eigenvalue weighted by Crippen LogP contribution is 2.34. The minimum Gasteiger partial charge on any atom is -0.463 e. The van der Waals surface area contributed by atoms with Gasteiger partial charge in [0.05, 0.1) is 17.8 Å². The number of carbonyl (C=O) groups is 1. The van der Waals surface area contributed by atoms with Crippen molar-refractivity contribution in [3.63, 3.8) is 0 Å². The lowest BCUT2D eigenvalue weighted by molar-refractivity contribution is -0.137. The average molecular weight is 548 g/mol. The second-order valence-corrected chi connectivity index (χ2v) is 9.69. The summed E-state index contributed by atoms with van der Waals surface area (Å²) in [5, 5.41) is 20.6. The van der Waals surface area contributed by atoms with Crippen molar-refractivity contribution in [1.29, 1.82) is 0 Å². The van der Waals surface area contributed by atoms with Crippen LogP contribution in [0.4, 0.5) is 11.4 Å². The maximum absolute atomic E-state index is 11.3. The van der Waals surface area contributed by atoms with Crippen LogP contribution < -0.4 is 11.5 Å². The number of esters is 1. The maximum atomic E-state index is 11.3. The predicted molar refractivity (Wildman–Crippen MR) is 136 cm³/mol. The van der Waals surface area contributed by atoms with E-state index < -0.39 is 17.2 Å². The van der Waals surface area contributed by atoms with Crippen molar-refractivity contribution in [2.24, 2.45) is 0 Å². The molecule has 0 aliphatic rings. The van der Waals surface area contributed by atoms with E-state index >= 15 is 0 Å². The molecule has 0 heterocycles. The Morgan fingerprint density at radius 1 is 1.00 bits per heavy atom. The Balaban J connectivity index is 0.000000343. The summed E-state index contributed by atoms with van der Waals surface area (Å²) in [5.41, 5.74) is 12.2. The highest BCUT2D eigenvalue weighted by Gasteiger charge is 2.21. The topological polar surface area (TPSA) is 119 Å². The number of rotatable bonds is 5. The van der Waals surface area contributed by atoms with Gasteiger partial charge in [0.2, 0.25) is 0 Å². The van der Waals surface area contributed by atoms with Crippen LogP contribution in [0, 0.1) is 0 Å². The summed E-state index contributed by atoms with van der Waals surface area (Å²) in [7, 11) is 0. The molecule has 0 atom stereocenters. The molecule has 2 aromatic rings. The molecule has 2 aromatic carbocycles. The fourth-order valence-corrected chi connectivity index (χ4v) is 3.75. The molecule has 0 saturated carbocycles. The molecule has 9 heteroatoms. The predicted octanol–water partition coefficient (Wildman–Crippen LogP) is 5.64. The zero-order chi connectivity index (χ0) is 24.9. The molecule has 0 amide bonds. The summed E-state index contributed by atoms with van der Waals surface area (Å²) >= 11 is 15.2. The van der Waals surface area contributed by atoms with E-state index in [1.165, 1.54) is 6.08 Å². The molecule has 2 rings (SSSR count). The second kappa shape index (κ2) is 11.4. The van der Waals surface area contributed by atoms with Crippen molar-refractivity contribution in [3.8, 4) is 0 Å². The minimum atomic E-state index is -1.09. The zero-order valence-corrected chi connectivity index (χ0v) is 21.8. The molecule has 6 nitrogen and oxygen atoms in total. The molecule has 32 heavy (non-hydrogen) atoms. The molecule has 6 N–H and O–H groups in total. The number of nitrogen functional groups attached to an aromatic ring is 2. The monoisotopic (exact) mass is 546 g/mol. The van der Waals surface area contributed by atoms with E-state index in [4.69, 9.17) is 39.4 Å². The summed E-state index contributed by atoms with van der Waals surface area (Å²) in [4.78, 5) is 11.3. The summed E-state index contributed by atoms with van der Waals surface area (Å²) in [5.74, 6) is -0.443. The van der Waals surface area contributed by atoms with E-state index in [0.717, 1.165) is 4.47 Å². The van der Waals surface area contributed by atoms with Crippen LogP contribution in [0.3, 0.4) is 0 Å². The second-order valence-electron chi connectivity index (χ2n) is 8.02. The fourth-order valence-electron chi connectivity index (χ4n) is 2.60. The molecule has 0 unspecified atom stereocenters. The van der Waals surface area contributed by atoms with Gasteiger partial charge in [0.15, 0.2) is 0 Å². The van der Waals surface area contributed by atoms with Gasteiger partial charge in [-0.15, -0.1) is 0 Å². The van der Waals surface area contributed by atoms with Crippen molar-refractivity contribution in [3.05, 3.63) is 61.5 Å². The number of ether oxygens (including phenoxy) is 1. The van der Waals surface area contributed by atoms with E-state index in [1.807, 2.05) is 0 Å². The largest absolute Gasteiger partial charge is 0.463 e. The molecule has 0 aliphatic carbocycles. The average Bonchev–Trinajstić information content (AvgIpc) is 2.62. The molecular weight excluding hydrogens is 519 g/mol. The van der Waals surface area contributed by atoms with Crippen LogP contribution in [-0.4, -0.2) is 22.8 Å². The lowest BCUT2D eigenvalue weighted by Crippen LogP contribution is -2.16. The van der Waals surface area contributed by atoms with Crippen molar-refractivity contribution < 1.29 is 19.7 Å². The van der Waals surface area contributed by atoms with Crippen molar-refractivity contribution in [2.75, 3.05) is 18.1 Å². The Hall–Kier alpha value is -1.77. The van der Waals surface area contributed by atoms with Gasteiger partial charge in [-0.3, -0.25) is 0 Å². The quantitative estimate of drug-likeness (QED) is 0.218. The summed E-state index contributed by atoms with van der Waals surface area (Å²) in [6.07, 6.45) is 2.83. The number of carbonyl (C=O) groups excluding carboxylic acids is 1. The first-order valence-electron chi connectivity index (χ1n) is 9.72. The lowest BCUT2D eigenvalue weighted by Gasteiger charge is -2.20. The first-order chi connectivity index (χ1) is 14.6. The lowest BCUT2D eigenvalue weighted by atomic mass is 9.95. The van der Waals surface area contributed by atoms with Crippen LogP contribution in [0.2, 0.25) is 10.0 Å². The number of halogens is 3. The van der Waals surface area contributed by atoms with Gasteiger partial charge < -0.3 is 26.4 Å². The number of nitrogens with two attached hydrogens (primary N) is 2. The van der Waals surface area contributed by atoms with Crippen LogP contribution in [0.5, 0.6) is 0 Å². The first-order valence-corrected chi connectivity index (χ1v) is 11.3. The molecule has 0 saturated heterocycles. The smallest absolute Gasteiger partial charge is 0.330 e. The summed E-state index contributed by atoms with van der Waals surface area (Å²) in [6, 6.07) is 6.57. The summed E-state index contributed by atoms with van der Waals surface area (Å²) < 4.78 is 5.53. The Morgan fingerprint density at radius 3 is 1.94 bits per heavy atom. The molecule has 0 aliphatic heterocycles. The molecule has 0 spiro atoms. The Bertz CT molecular complexity index is 997. The molecule has 0 fully saturated rings. The van der Waals surface area contributed by atoms with E-state index in [0.29, 0.717) is 44.7 Å². The van der Waals surface area contributed by atoms with Gasteiger partial charge in [-0.2, -0.15) is 0 Å². The number of anilines is 2. The highest BCUT2D eigenvalue weighted by atomic mass is 79.9. The van der Waals surface area contributed by atoms with Crippen LogP contribution >= 0.6 is 39.1 Å². The van der Waals surface area contributed by atoms with E-state index in [1.54, 1.807) is 65.0 Å². The van der Waals surface area contributed by atoms with Gasteiger partial charge in [0.1, 0.15) is 0 Å². The van der Waals surface area contributed by atoms with E-state index in [9.17, 15) is 15.0 Å². The molecule has 0 aromatic heterocycles. The molecular formula is C23H29BrCl2N2O4. The van der Waals surface area contributed by atoms with Crippen LogP contribution in [0.1, 0.15) is 51.3 Å². The van der Waals surface area contributed by atoms with Crippen molar-refractivity contribution in [2.45, 2.75) is 45.8 Å². The van der Waals surface area contributed by atoms with Crippen LogP contribution in [0.25, 0.3) is 6.08 Å². The maximum Gasteiger partial charge on any atom is 0.330 e. The van der Waals surface area contributed by atoms with Crippen molar-refractivity contribution >= 4 is 62.6 Å². The molecule has 176 valence electrons. The fraction of sp³-hybridized carbons (Fsp3) is 0.348. The van der Waals surface area contributed by atoms with Gasteiger partial charge in [-0.05, 0) is 86.5 Å². The number of hydrogen-bond acceptors (Lipinski definition) is 6. The van der Waals surface area contributed by atoms with Gasteiger partial charge in [-0.1, -0.05) is 23.2 Å². The number of benzene rings is 2. The van der Waals surface area contributed by atoms with Gasteiger partial charge >= 0.3 is 5.97 Å². The Labute approximate surface area is 207 Å². The number of hydrogen-bond donors (Lipinski definition) is 4. The standard InChI is InChI=1S/C14H18ClNO3.C9H11BrClNO/c1-4-19-13(17)6-5-9-7-10(14(2,3)18)11(15)8-12(9)16;1-9(2,13)5-3-6(10)8(12)4-7(5)11/h5-8,18H,4,16H2,1-3H3;3-4,13H,12H2,1-2H3/b6-5+;. The molecule has 0 radical (unpaired) electrons. The van der Waals surface area contributed by atoms with E-state index in [-0.39, 0.29) is 0 Å².